The Morgan fingerprint density at radius 3 is 2.35 bits per heavy atom. The van der Waals surface area contributed by atoms with Gasteiger partial charge in [0.15, 0.2) is 0 Å². The van der Waals surface area contributed by atoms with Gasteiger partial charge in [-0.25, -0.2) is 4.79 Å². The Morgan fingerprint density at radius 1 is 1.03 bits per heavy atom. The molecule has 0 aliphatic carbocycles. The molecule has 6 heteroatoms. The molecular formula is C28H27BrN2O3. The van der Waals surface area contributed by atoms with Crippen molar-refractivity contribution in [3.8, 4) is 5.69 Å². The van der Waals surface area contributed by atoms with E-state index in [0.717, 1.165) is 32.7 Å². The number of halogens is 1. The summed E-state index contributed by atoms with van der Waals surface area (Å²) in [6.45, 7) is 9.92. The number of hydrogen-bond acceptors (Lipinski definition) is 3. The largest absolute Gasteiger partial charge is 0.462 e. The van der Waals surface area contributed by atoms with Gasteiger partial charge in [-0.05, 0) is 88.2 Å². The van der Waals surface area contributed by atoms with Gasteiger partial charge in [-0.2, -0.15) is 0 Å². The Bertz CT molecular complexity index is 1350. The number of hydrogen-bond donors (Lipinski definition) is 0. The molecule has 0 spiro atoms. The first-order valence-electron chi connectivity index (χ1n) is 11.2. The molecule has 2 heterocycles. The van der Waals surface area contributed by atoms with Crippen molar-refractivity contribution in [1.29, 1.82) is 0 Å². The number of aromatic nitrogens is 1. The molecule has 4 rings (SSSR count). The van der Waals surface area contributed by atoms with Gasteiger partial charge in [-0.1, -0.05) is 34.1 Å². The van der Waals surface area contributed by atoms with Crippen LogP contribution in [0, 0.1) is 20.8 Å². The lowest BCUT2D eigenvalue weighted by Gasteiger charge is -2.18. The van der Waals surface area contributed by atoms with Crippen LogP contribution in [0.5, 0.6) is 0 Å². The lowest BCUT2D eigenvalue weighted by atomic mass is 10.0. The number of carbonyl (C=O) groups is 2. The minimum absolute atomic E-state index is 0.233. The molecule has 1 aromatic heterocycles. The molecule has 34 heavy (non-hydrogen) atoms. The first-order chi connectivity index (χ1) is 16.2. The van der Waals surface area contributed by atoms with E-state index in [-0.39, 0.29) is 12.5 Å². The van der Waals surface area contributed by atoms with E-state index in [1.54, 1.807) is 18.7 Å². The molecular weight excluding hydrogens is 492 g/mol. The second-order valence-electron chi connectivity index (χ2n) is 8.30. The highest BCUT2D eigenvalue weighted by Crippen LogP contribution is 2.37. The Labute approximate surface area is 208 Å². The van der Waals surface area contributed by atoms with E-state index in [1.165, 1.54) is 0 Å². The number of para-hydroxylation sites is 1. The van der Waals surface area contributed by atoms with Gasteiger partial charge < -0.3 is 9.30 Å². The summed E-state index contributed by atoms with van der Waals surface area (Å²) in [6, 6.07) is 17.7. The summed E-state index contributed by atoms with van der Waals surface area (Å²) in [5.74, 6) is -0.740. The van der Waals surface area contributed by atoms with Crippen molar-refractivity contribution in [2.24, 2.45) is 0 Å². The van der Waals surface area contributed by atoms with E-state index < -0.39 is 5.97 Å². The Kier molecular flexibility index (Phi) is 6.62. The lowest BCUT2D eigenvalue weighted by Crippen LogP contribution is -2.24. The molecule has 0 radical (unpaired) electrons. The maximum Gasteiger partial charge on any atom is 0.340 e. The standard InChI is InChI=1S/C28H27BrN2O3/c1-6-34-28(33)26-20(5)31(23-13-11-22(29)12-14-23)27(32)24(26)16-21-15-18(3)30(19(21)4)25-10-8-7-9-17(25)2/h7-16H,6H2,1-5H3/b24-16-. The van der Waals surface area contributed by atoms with Crippen LogP contribution in [0.15, 0.2) is 75.9 Å². The minimum Gasteiger partial charge on any atom is -0.462 e. The number of nitrogens with zero attached hydrogens (tertiary/aromatic N) is 2. The highest BCUT2D eigenvalue weighted by atomic mass is 79.9. The lowest BCUT2D eigenvalue weighted by molar-refractivity contribution is -0.138. The Hall–Kier alpha value is -3.38. The summed E-state index contributed by atoms with van der Waals surface area (Å²) in [6.07, 6.45) is 1.81. The molecule has 0 N–H and O–H groups in total. The number of aryl methyl sites for hydroxylation is 2. The number of benzene rings is 2. The number of allylic oxidation sites excluding steroid dienone is 1. The summed E-state index contributed by atoms with van der Waals surface area (Å²) >= 11 is 3.43. The molecule has 0 fully saturated rings. The van der Waals surface area contributed by atoms with E-state index in [0.29, 0.717) is 22.5 Å². The van der Waals surface area contributed by atoms with Crippen molar-refractivity contribution in [2.45, 2.75) is 34.6 Å². The molecule has 0 unspecified atom stereocenters. The fraction of sp³-hybridized carbons (Fsp3) is 0.214. The average molecular weight is 519 g/mol. The molecule has 1 amide bonds. The van der Waals surface area contributed by atoms with Gasteiger partial charge in [0.05, 0.1) is 17.8 Å². The SMILES string of the molecule is CCOC(=O)C1=C(C)N(c2ccc(Br)cc2)C(=O)/C1=C\c1cc(C)n(-c2ccccc2C)c1C. The Balaban J connectivity index is 1.86. The van der Waals surface area contributed by atoms with Crippen LogP contribution in [0.4, 0.5) is 5.69 Å². The third-order valence-electron chi connectivity index (χ3n) is 6.09. The number of anilines is 1. The van der Waals surface area contributed by atoms with Crippen LogP contribution >= 0.6 is 15.9 Å². The van der Waals surface area contributed by atoms with E-state index in [9.17, 15) is 9.59 Å². The Morgan fingerprint density at radius 2 is 1.71 bits per heavy atom. The van der Waals surface area contributed by atoms with Crippen LogP contribution in [-0.2, 0) is 14.3 Å². The van der Waals surface area contributed by atoms with Crippen molar-refractivity contribution in [2.75, 3.05) is 11.5 Å². The summed E-state index contributed by atoms with van der Waals surface area (Å²) in [5.41, 5.74) is 7.07. The van der Waals surface area contributed by atoms with Crippen molar-refractivity contribution in [3.05, 3.63) is 98.4 Å². The molecule has 0 saturated carbocycles. The van der Waals surface area contributed by atoms with E-state index in [2.05, 4.69) is 39.6 Å². The monoisotopic (exact) mass is 518 g/mol. The maximum atomic E-state index is 13.6. The first-order valence-corrected chi connectivity index (χ1v) is 12.0. The second-order valence-corrected chi connectivity index (χ2v) is 9.22. The zero-order valence-corrected chi connectivity index (χ0v) is 21.6. The summed E-state index contributed by atoms with van der Waals surface area (Å²) < 4.78 is 8.42. The van der Waals surface area contributed by atoms with E-state index in [4.69, 9.17) is 4.74 Å². The van der Waals surface area contributed by atoms with Gasteiger partial charge in [-0.15, -0.1) is 0 Å². The molecule has 2 aromatic carbocycles. The molecule has 3 aromatic rings. The second kappa shape index (κ2) is 9.47. The minimum atomic E-state index is -0.494. The number of rotatable bonds is 5. The van der Waals surface area contributed by atoms with Gasteiger partial charge >= 0.3 is 5.97 Å². The smallest absolute Gasteiger partial charge is 0.340 e. The van der Waals surface area contributed by atoms with Crippen molar-refractivity contribution in [1.82, 2.24) is 4.57 Å². The highest BCUT2D eigenvalue weighted by Gasteiger charge is 2.38. The highest BCUT2D eigenvalue weighted by molar-refractivity contribution is 9.10. The zero-order chi connectivity index (χ0) is 24.6. The average Bonchev–Trinajstić information content (AvgIpc) is 3.21. The predicted octanol–water partition coefficient (Wildman–Crippen LogP) is 6.43. The van der Waals surface area contributed by atoms with Gasteiger partial charge in [0.2, 0.25) is 0 Å². The number of amides is 1. The topological polar surface area (TPSA) is 51.5 Å². The van der Waals surface area contributed by atoms with Crippen LogP contribution in [0.2, 0.25) is 0 Å². The zero-order valence-electron chi connectivity index (χ0n) is 20.0. The van der Waals surface area contributed by atoms with Crippen LogP contribution in [-0.4, -0.2) is 23.1 Å². The third-order valence-corrected chi connectivity index (χ3v) is 6.62. The van der Waals surface area contributed by atoms with Crippen molar-refractivity contribution < 1.29 is 14.3 Å². The van der Waals surface area contributed by atoms with Crippen molar-refractivity contribution in [3.63, 3.8) is 0 Å². The van der Waals surface area contributed by atoms with Gasteiger partial charge in [0.1, 0.15) is 0 Å². The molecule has 0 bridgehead atoms. The normalized spacial score (nSPS) is 14.9. The third kappa shape index (κ3) is 4.14. The first kappa shape index (κ1) is 23.8. The van der Waals surface area contributed by atoms with Gasteiger partial charge in [0, 0.05) is 32.9 Å². The molecule has 1 aliphatic heterocycles. The van der Waals surface area contributed by atoms with Crippen LogP contribution < -0.4 is 4.90 Å². The van der Waals surface area contributed by atoms with Crippen LogP contribution in [0.1, 0.15) is 36.4 Å². The molecule has 5 nitrogen and oxygen atoms in total. The maximum absolute atomic E-state index is 13.6. The molecule has 0 atom stereocenters. The molecule has 0 saturated heterocycles. The summed E-state index contributed by atoms with van der Waals surface area (Å²) in [4.78, 5) is 28.2. The van der Waals surface area contributed by atoms with E-state index >= 15 is 0 Å². The number of ether oxygens (including phenoxy) is 1. The van der Waals surface area contributed by atoms with Gasteiger partial charge in [-0.3, -0.25) is 9.69 Å². The summed E-state index contributed by atoms with van der Waals surface area (Å²) in [5, 5.41) is 0. The fourth-order valence-electron chi connectivity index (χ4n) is 4.46. The number of carbonyl (C=O) groups excluding carboxylic acids is 2. The van der Waals surface area contributed by atoms with Crippen molar-refractivity contribution >= 4 is 39.6 Å². The number of esters is 1. The van der Waals surface area contributed by atoms with Crippen LogP contribution in [0.25, 0.3) is 11.8 Å². The predicted molar refractivity (Wildman–Crippen MR) is 139 cm³/mol. The van der Waals surface area contributed by atoms with Crippen LogP contribution in [0.3, 0.4) is 0 Å². The molecule has 174 valence electrons. The molecule has 1 aliphatic rings. The summed E-state index contributed by atoms with van der Waals surface area (Å²) in [7, 11) is 0. The fourth-order valence-corrected chi connectivity index (χ4v) is 4.72. The quantitative estimate of drug-likeness (QED) is 0.288. The van der Waals surface area contributed by atoms with E-state index in [1.807, 2.05) is 62.4 Å². The van der Waals surface area contributed by atoms with Gasteiger partial charge in [0.25, 0.3) is 5.91 Å².